The minimum absolute atomic E-state index is 0.00676. The van der Waals surface area contributed by atoms with Gasteiger partial charge in [0.05, 0.1) is 6.61 Å². The van der Waals surface area contributed by atoms with Gasteiger partial charge in [0.1, 0.15) is 0 Å². The SMILES string of the molecule is CC(C)(C)C1=CCN(c2ccc(CO)c(Cl)c2)CC1. The fourth-order valence-electron chi connectivity index (χ4n) is 2.45. The minimum atomic E-state index is -0.00676. The monoisotopic (exact) mass is 279 g/mol. The summed E-state index contributed by atoms with van der Waals surface area (Å²) in [4.78, 5) is 2.32. The fourth-order valence-corrected chi connectivity index (χ4v) is 2.68. The van der Waals surface area contributed by atoms with E-state index in [0.717, 1.165) is 30.8 Å². The van der Waals surface area contributed by atoms with Crippen molar-refractivity contribution in [1.82, 2.24) is 0 Å². The second kappa shape index (κ2) is 5.56. The number of hydrogen-bond acceptors (Lipinski definition) is 2. The van der Waals surface area contributed by atoms with E-state index in [2.05, 4.69) is 31.7 Å². The van der Waals surface area contributed by atoms with Crippen molar-refractivity contribution in [2.24, 2.45) is 5.41 Å². The summed E-state index contributed by atoms with van der Waals surface area (Å²) in [6.45, 7) is 8.75. The highest BCUT2D eigenvalue weighted by atomic mass is 35.5. The molecule has 2 nitrogen and oxygen atoms in total. The first kappa shape index (κ1) is 14.4. The molecule has 0 spiro atoms. The summed E-state index contributed by atoms with van der Waals surface area (Å²) in [5, 5.41) is 9.78. The highest BCUT2D eigenvalue weighted by Crippen LogP contribution is 2.32. The quantitative estimate of drug-likeness (QED) is 0.827. The van der Waals surface area contributed by atoms with Crippen molar-refractivity contribution in [2.75, 3.05) is 18.0 Å². The fraction of sp³-hybridized carbons (Fsp3) is 0.500. The molecule has 1 aliphatic heterocycles. The largest absolute Gasteiger partial charge is 0.392 e. The third-order valence-electron chi connectivity index (χ3n) is 3.74. The Morgan fingerprint density at radius 3 is 2.53 bits per heavy atom. The van der Waals surface area contributed by atoms with Crippen molar-refractivity contribution in [3.05, 3.63) is 40.4 Å². The first-order valence-corrected chi connectivity index (χ1v) is 7.13. The average molecular weight is 280 g/mol. The van der Waals surface area contributed by atoms with Crippen LogP contribution in [0.5, 0.6) is 0 Å². The topological polar surface area (TPSA) is 23.5 Å². The molecule has 1 aromatic rings. The number of anilines is 1. The van der Waals surface area contributed by atoms with E-state index in [-0.39, 0.29) is 12.0 Å². The van der Waals surface area contributed by atoms with Gasteiger partial charge in [-0.25, -0.2) is 0 Å². The van der Waals surface area contributed by atoms with Gasteiger partial charge in [0, 0.05) is 23.8 Å². The van der Waals surface area contributed by atoms with Crippen LogP contribution >= 0.6 is 11.6 Å². The van der Waals surface area contributed by atoms with Crippen LogP contribution in [0, 0.1) is 5.41 Å². The number of rotatable bonds is 2. The number of hydrogen-bond donors (Lipinski definition) is 1. The maximum absolute atomic E-state index is 9.14. The zero-order chi connectivity index (χ0) is 14.0. The highest BCUT2D eigenvalue weighted by Gasteiger charge is 2.21. The Hall–Kier alpha value is -0.990. The number of benzene rings is 1. The van der Waals surface area contributed by atoms with Crippen LogP contribution in [0.4, 0.5) is 5.69 Å². The number of nitrogens with zero attached hydrogens (tertiary/aromatic N) is 1. The zero-order valence-electron chi connectivity index (χ0n) is 11.9. The van der Waals surface area contributed by atoms with Gasteiger partial charge in [-0.1, -0.05) is 50.1 Å². The Morgan fingerprint density at radius 2 is 2.05 bits per heavy atom. The van der Waals surface area contributed by atoms with Crippen molar-refractivity contribution in [3.8, 4) is 0 Å². The molecular weight excluding hydrogens is 258 g/mol. The molecule has 1 aromatic carbocycles. The molecule has 0 unspecified atom stereocenters. The van der Waals surface area contributed by atoms with Gasteiger partial charge in [-0.05, 0) is 29.5 Å². The number of halogens is 1. The minimum Gasteiger partial charge on any atom is -0.392 e. The molecule has 2 rings (SSSR count). The molecule has 0 aliphatic carbocycles. The zero-order valence-corrected chi connectivity index (χ0v) is 12.7. The maximum Gasteiger partial charge on any atom is 0.0696 e. The van der Waals surface area contributed by atoms with Crippen molar-refractivity contribution < 1.29 is 5.11 Å². The summed E-state index contributed by atoms with van der Waals surface area (Å²) in [5.41, 5.74) is 3.71. The molecule has 0 bridgehead atoms. The summed E-state index contributed by atoms with van der Waals surface area (Å²) in [5.74, 6) is 0. The van der Waals surface area contributed by atoms with Gasteiger partial charge in [0.2, 0.25) is 0 Å². The Bertz CT molecular complexity index is 488. The highest BCUT2D eigenvalue weighted by molar-refractivity contribution is 6.31. The van der Waals surface area contributed by atoms with Gasteiger partial charge in [-0.2, -0.15) is 0 Å². The van der Waals surface area contributed by atoms with Crippen LogP contribution in [0.1, 0.15) is 32.8 Å². The molecular formula is C16H22ClNO. The predicted molar refractivity (Wildman–Crippen MR) is 81.7 cm³/mol. The lowest BCUT2D eigenvalue weighted by Crippen LogP contribution is -2.31. The van der Waals surface area contributed by atoms with E-state index in [1.165, 1.54) is 5.57 Å². The Morgan fingerprint density at radius 1 is 1.32 bits per heavy atom. The summed E-state index contributed by atoms with van der Waals surface area (Å²) >= 11 is 6.15. The van der Waals surface area contributed by atoms with Gasteiger partial charge >= 0.3 is 0 Å². The molecule has 19 heavy (non-hydrogen) atoms. The second-order valence-corrected chi connectivity index (χ2v) is 6.52. The second-order valence-electron chi connectivity index (χ2n) is 6.11. The predicted octanol–water partition coefficient (Wildman–Crippen LogP) is 4.01. The van der Waals surface area contributed by atoms with Gasteiger partial charge in [-0.15, -0.1) is 0 Å². The third kappa shape index (κ3) is 3.31. The molecule has 0 aromatic heterocycles. The Balaban J connectivity index is 2.14. The molecule has 1 heterocycles. The van der Waals surface area contributed by atoms with E-state index in [0.29, 0.717) is 5.02 Å². The molecule has 0 saturated carbocycles. The lowest BCUT2D eigenvalue weighted by molar-refractivity contribution is 0.282. The summed E-state index contributed by atoms with van der Waals surface area (Å²) < 4.78 is 0. The summed E-state index contributed by atoms with van der Waals surface area (Å²) in [6, 6.07) is 5.89. The van der Waals surface area contributed by atoms with Crippen molar-refractivity contribution >= 4 is 17.3 Å². The van der Waals surface area contributed by atoms with E-state index < -0.39 is 0 Å². The summed E-state index contributed by atoms with van der Waals surface area (Å²) in [7, 11) is 0. The van der Waals surface area contributed by atoms with Gasteiger partial charge < -0.3 is 10.0 Å². The van der Waals surface area contributed by atoms with E-state index in [1.807, 2.05) is 18.2 Å². The summed E-state index contributed by atoms with van der Waals surface area (Å²) in [6.07, 6.45) is 3.43. The molecule has 1 aliphatic rings. The van der Waals surface area contributed by atoms with E-state index in [1.54, 1.807) is 0 Å². The van der Waals surface area contributed by atoms with E-state index in [9.17, 15) is 0 Å². The molecule has 0 radical (unpaired) electrons. The average Bonchev–Trinajstić information content (AvgIpc) is 2.38. The van der Waals surface area contributed by atoms with Crippen molar-refractivity contribution in [1.29, 1.82) is 0 Å². The van der Waals surface area contributed by atoms with Gasteiger partial charge in [0.15, 0.2) is 0 Å². The number of aliphatic hydroxyl groups excluding tert-OH is 1. The molecule has 104 valence electrons. The van der Waals surface area contributed by atoms with Crippen LogP contribution in [0.2, 0.25) is 5.02 Å². The Labute approximate surface area is 120 Å². The van der Waals surface area contributed by atoms with Crippen molar-refractivity contribution in [3.63, 3.8) is 0 Å². The molecule has 0 fully saturated rings. The van der Waals surface area contributed by atoms with Gasteiger partial charge in [0.25, 0.3) is 0 Å². The lowest BCUT2D eigenvalue weighted by atomic mass is 9.83. The number of aliphatic hydroxyl groups is 1. The Kier molecular flexibility index (Phi) is 4.22. The molecule has 1 N–H and O–H groups in total. The molecule has 0 saturated heterocycles. The maximum atomic E-state index is 9.14. The van der Waals surface area contributed by atoms with Crippen LogP contribution in [-0.4, -0.2) is 18.2 Å². The molecule has 0 amide bonds. The van der Waals surface area contributed by atoms with Crippen LogP contribution < -0.4 is 4.90 Å². The molecule has 0 atom stereocenters. The third-order valence-corrected chi connectivity index (χ3v) is 4.10. The van der Waals surface area contributed by atoms with Gasteiger partial charge in [-0.3, -0.25) is 0 Å². The molecule has 3 heteroatoms. The first-order valence-electron chi connectivity index (χ1n) is 6.75. The van der Waals surface area contributed by atoms with Crippen LogP contribution in [0.3, 0.4) is 0 Å². The smallest absolute Gasteiger partial charge is 0.0696 e. The van der Waals surface area contributed by atoms with Crippen LogP contribution in [-0.2, 0) is 6.61 Å². The van der Waals surface area contributed by atoms with Crippen molar-refractivity contribution in [2.45, 2.75) is 33.8 Å². The van der Waals surface area contributed by atoms with E-state index in [4.69, 9.17) is 16.7 Å². The van der Waals surface area contributed by atoms with Crippen LogP contribution in [0.25, 0.3) is 0 Å². The van der Waals surface area contributed by atoms with Crippen LogP contribution in [0.15, 0.2) is 29.8 Å². The first-order chi connectivity index (χ1) is 8.91. The normalized spacial score (nSPS) is 16.5. The van der Waals surface area contributed by atoms with E-state index >= 15 is 0 Å². The lowest BCUT2D eigenvalue weighted by Gasteiger charge is -2.33. The standard InChI is InChI=1S/C16H22ClNO/c1-16(2,3)13-6-8-18(9-7-13)14-5-4-12(11-19)15(17)10-14/h4-6,10,19H,7-9,11H2,1-3H3.